The van der Waals surface area contributed by atoms with Crippen LogP contribution in [0.15, 0.2) is 23.4 Å². The van der Waals surface area contributed by atoms with Gasteiger partial charge in [-0.25, -0.2) is 5.43 Å². The fourth-order valence-corrected chi connectivity index (χ4v) is 1.75. The zero-order chi connectivity index (χ0) is 24.0. The summed E-state index contributed by atoms with van der Waals surface area (Å²) in [5.74, 6) is -42.1. The van der Waals surface area contributed by atoms with Crippen molar-refractivity contribution in [2.24, 2.45) is 12.1 Å². The molecule has 0 aliphatic rings. The number of hydrogen-bond donors (Lipinski definition) is 1. The number of carbonyl (C=O) groups excluding carboxylic acids is 1. The smallest absolute Gasteiger partial charge is 0.350 e. The number of aromatic nitrogens is 1. The topological polar surface area (TPSA) is 46.4 Å². The van der Waals surface area contributed by atoms with E-state index in [1.807, 2.05) is 0 Å². The molecule has 17 heteroatoms. The molecule has 0 saturated carbocycles. The second-order valence-corrected chi connectivity index (χ2v) is 5.61. The summed E-state index contributed by atoms with van der Waals surface area (Å²) in [6.07, 6.45) is -5.67. The average molecular weight is 469 g/mol. The van der Waals surface area contributed by atoms with Crippen LogP contribution < -0.4 is 5.43 Å². The third kappa shape index (κ3) is 3.68. The zero-order valence-corrected chi connectivity index (χ0v) is 14.0. The van der Waals surface area contributed by atoms with E-state index in [1.54, 1.807) is 0 Å². The van der Waals surface area contributed by atoms with E-state index in [9.17, 15) is 61.9 Å². The van der Waals surface area contributed by atoms with Gasteiger partial charge < -0.3 is 4.57 Å². The van der Waals surface area contributed by atoms with Gasteiger partial charge in [-0.2, -0.15) is 62.2 Å². The van der Waals surface area contributed by atoms with Crippen molar-refractivity contribution in [2.75, 3.05) is 0 Å². The van der Waals surface area contributed by atoms with Gasteiger partial charge in [0.25, 0.3) is 0 Å². The summed E-state index contributed by atoms with van der Waals surface area (Å²) in [6, 6.07) is 2.56. The maximum absolute atomic E-state index is 13.5. The predicted octanol–water partition coefficient (Wildman–Crippen LogP) is 4.21. The van der Waals surface area contributed by atoms with Crippen molar-refractivity contribution in [1.82, 2.24) is 9.99 Å². The largest absolute Gasteiger partial charge is 0.460 e. The molecule has 0 aromatic carbocycles. The summed E-state index contributed by atoms with van der Waals surface area (Å²) in [7, 11) is 1.34. The molecule has 1 N–H and O–H groups in total. The van der Waals surface area contributed by atoms with Gasteiger partial charge in [0.05, 0.1) is 11.9 Å². The highest BCUT2D eigenvalue weighted by Crippen LogP contribution is 2.60. The molecule has 30 heavy (non-hydrogen) atoms. The molecular formula is C13H8F13N3O. The number of nitrogens with one attached hydrogen (secondary N) is 1. The van der Waals surface area contributed by atoms with Crippen LogP contribution in [-0.4, -0.2) is 52.5 Å². The summed E-state index contributed by atoms with van der Waals surface area (Å²) >= 11 is 0. The number of hydrogen-bond acceptors (Lipinski definition) is 2. The molecular weight excluding hydrogens is 461 g/mol. The summed E-state index contributed by atoms with van der Waals surface area (Å²) in [5.41, 5.74) is 0.607. The Morgan fingerprint density at radius 1 is 0.867 bits per heavy atom. The molecule has 0 radical (unpaired) electrons. The van der Waals surface area contributed by atoms with Crippen LogP contribution in [0.4, 0.5) is 57.1 Å². The number of aryl methyl sites for hydroxylation is 1. The van der Waals surface area contributed by atoms with Gasteiger partial charge in [-0.15, -0.1) is 0 Å². The molecule has 4 nitrogen and oxygen atoms in total. The van der Waals surface area contributed by atoms with Crippen LogP contribution >= 0.6 is 0 Å². The van der Waals surface area contributed by atoms with E-state index in [1.165, 1.54) is 29.9 Å². The van der Waals surface area contributed by atoms with E-state index >= 15 is 0 Å². The molecule has 1 amide bonds. The number of alkyl halides is 13. The van der Waals surface area contributed by atoms with Crippen LogP contribution in [0, 0.1) is 0 Å². The molecule has 0 fully saturated rings. The minimum atomic E-state index is -8.07. The van der Waals surface area contributed by atoms with Gasteiger partial charge in [-0.3, -0.25) is 4.79 Å². The first kappa shape index (κ1) is 25.5. The van der Waals surface area contributed by atoms with Crippen molar-refractivity contribution in [3.63, 3.8) is 0 Å². The van der Waals surface area contributed by atoms with E-state index in [0.717, 1.165) is 0 Å². The van der Waals surface area contributed by atoms with Gasteiger partial charge in [-0.05, 0) is 12.1 Å². The van der Waals surface area contributed by atoms with Crippen molar-refractivity contribution < 1.29 is 61.9 Å². The Morgan fingerprint density at radius 3 is 1.73 bits per heavy atom. The van der Waals surface area contributed by atoms with Crippen molar-refractivity contribution in [3.8, 4) is 0 Å². The van der Waals surface area contributed by atoms with Crippen LogP contribution in [0.2, 0.25) is 0 Å². The predicted molar refractivity (Wildman–Crippen MR) is 71.9 cm³/mol. The fourth-order valence-electron chi connectivity index (χ4n) is 1.75. The number of carbonyl (C=O) groups is 1. The van der Waals surface area contributed by atoms with E-state index < -0.39 is 41.7 Å². The SMILES string of the molecule is Cn1cccc1/C=N\NC(=O)C(F)(F)C(F)(F)C(F)(F)C(F)(F)C(F)(F)C(F)(F)F. The highest BCUT2D eigenvalue weighted by molar-refractivity contribution is 5.86. The zero-order valence-electron chi connectivity index (χ0n) is 14.0. The third-order valence-electron chi connectivity index (χ3n) is 3.57. The maximum atomic E-state index is 13.5. The Bertz CT molecular complexity index is 809. The number of rotatable bonds is 7. The maximum Gasteiger partial charge on any atom is 0.460 e. The fraction of sp³-hybridized carbons (Fsp3) is 0.538. The minimum absolute atomic E-state index is 0.0204. The standard InChI is InChI=1S/C13H8F13N3O/c1-29-4-2-3-6(29)5-27-28-7(30)8(14,15)9(16,17)10(18,19)11(20,21)12(22,23)13(24,25)26/h2-5H,1H3,(H,28,30)/b27-5-. The van der Waals surface area contributed by atoms with Crippen LogP contribution in [0.5, 0.6) is 0 Å². The Morgan fingerprint density at radius 2 is 1.33 bits per heavy atom. The highest BCUT2D eigenvalue weighted by atomic mass is 19.4. The lowest BCUT2D eigenvalue weighted by atomic mass is 9.93. The van der Waals surface area contributed by atoms with Gasteiger partial charge in [0, 0.05) is 13.2 Å². The Labute approximate surface area is 157 Å². The normalized spacial score (nSPS) is 15.0. The lowest BCUT2D eigenvalue weighted by Crippen LogP contribution is -2.71. The summed E-state index contributed by atoms with van der Waals surface area (Å²) in [6.45, 7) is 0. The quantitative estimate of drug-likeness (QED) is 0.363. The molecule has 1 rings (SSSR count). The molecule has 172 valence electrons. The summed E-state index contributed by atoms with van der Waals surface area (Å²) in [4.78, 5) is 11.1. The molecule has 1 heterocycles. The van der Waals surface area contributed by atoms with E-state index in [-0.39, 0.29) is 5.69 Å². The minimum Gasteiger partial charge on any atom is -0.350 e. The van der Waals surface area contributed by atoms with Gasteiger partial charge in [-0.1, -0.05) is 0 Å². The van der Waals surface area contributed by atoms with Crippen molar-refractivity contribution in [2.45, 2.75) is 35.8 Å². The van der Waals surface area contributed by atoms with Crippen LogP contribution in [0.3, 0.4) is 0 Å². The summed E-state index contributed by atoms with van der Waals surface area (Å²) < 4.78 is 169. The van der Waals surface area contributed by atoms with E-state index in [4.69, 9.17) is 0 Å². The first-order valence-electron chi connectivity index (χ1n) is 7.07. The number of amides is 1. The van der Waals surface area contributed by atoms with Crippen LogP contribution in [0.25, 0.3) is 0 Å². The monoisotopic (exact) mass is 469 g/mol. The van der Waals surface area contributed by atoms with E-state index in [0.29, 0.717) is 11.6 Å². The Balaban J connectivity index is 3.26. The molecule has 0 aliphatic carbocycles. The van der Waals surface area contributed by atoms with Crippen molar-refractivity contribution in [3.05, 3.63) is 24.0 Å². The van der Waals surface area contributed by atoms with Crippen LogP contribution in [-0.2, 0) is 11.8 Å². The molecule has 0 aliphatic heterocycles. The van der Waals surface area contributed by atoms with Gasteiger partial charge in [0.15, 0.2) is 0 Å². The average Bonchev–Trinajstić information content (AvgIpc) is 2.98. The van der Waals surface area contributed by atoms with Gasteiger partial charge in [0.1, 0.15) is 0 Å². The Hall–Kier alpha value is -2.49. The molecule has 1 aromatic rings. The second kappa shape index (κ2) is 7.33. The molecule has 0 atom stereocenters. The number of halogens is 13. The molecule has 0 spiro atoms. The van der Waals surface area contributed by atoms with Gasteiger partial charge >= 0.3 is 41.7 Å². The highest BCUT2D eigenvalue weighted by Gasteiger charge is 2.91. The number of hydrazone groups is 1. The summed E-state index contributed by atoms with van der Waals surface area (Å²) in [5, 5.41) is 2.67. The lowest BCUT2D eigenvalue weighted by molar-refractivity contribution is -0.436. The molecule has 0 bridgehead atoms. The molecule has 1 aromatic heterocycles. The number of nitrogens with zero attached hydrogens (tertiary/aromatic N) is 2. The Kier molecular flexibility index (Phi) is 6.24. The molecule has 0 unspecified atom stereocenters. The first-order valence-corrected chi connectivity index (χ1v) is 7.07. The van der Waals surface area contributed by atoms with Crippen molar-refractivity contribution >= 4 is 12.1 Å². The third-order valence-corrected chi connectivity index (χ3v) is 3.57. The van der Waals surface area contributed by atoms with E-state index in [2.05, 4.69) is 5.10 Å². The van der Waals surface area contributed by atoms with Crippen LogP contribution in [0.1, 0.15) is 5.69 Å². The van der Waals surface area contributed by atoms with Gasteiger partial charge in [0.2, 0.25) is 0 Å². The first-order chi connectivity index (χ1) is 13.2. The molecule has 0 saturated heterocycles. The van der Waals surface area contributed by atoms with Crippen molar-refractivity contribution in [1.29, 1.82) is 0 Å². The lowest BCUT2D eigenvalue weighted by Gasteiger charge is -2.38. The second-order valence-electron chi connectivity index (χ2n) is 5.61.